The Morgan fingerprint density at radius 2 is 1.92 bits per heavy atom. The molecule has 0 atom stereocenters. The average Bonchev–Trinajstić information content (AvgIpc) is 2.53. The van der Waals surface area contributed by atoms with E-state index in [9.17, 15) is 9.59 Å². The molecule has 0 saturated carbocycles. The third kappa shape index (κ3) is 6.60. The van der Waals surface area contributed by atoms with Gasteiger partial charge in [0.1, 0.15) is 12.4 Å². The van der Waals surface area contributed by atoms with Gasteiger partial charge in [-0.25, -0.2) is 0 Å². The Hall–Kier alpha value is -2.31. The monoisotopic (exact) mass is 365 g/mol. The van der Waals surface area contributed by atoms with Gasteiger partial charge in [0, 0.05) is 29.6 Å². The summed E-state index contributed by atoms with van der Waals surface area (Å²) in [6, 6.07) is 10.0. The molecule has 0 radical (unpaired) electrons. The predicted octanol–water partition coefficient (Wildman–Crippen LogP) is 2.59. The number of nitrogens with two attached hydrogens (primary N) is 1. The van der Waals surface area contributed by atoms with Crippen LogP contribution < -0.4 is 21.3 Å². The molecule has 2 rings (SSSR count). The summed E-state index contributed by atoms with van der Waals surface area (Å²) in [6.45, 7) is 5.00. The number of hydrogen-bond donors (Lipinski definition) is 3. The number of H-pyrrole nitrogens is 1. The zero-order chi connectivity index (χ0) is 17.5. The first-order valence-corrected chi connectivity index (χ1v) is 7.95. The lowest BCUT2D eigenvalue weighted by molar-refractivity contribution is 0.102. The third-order valence-corrected chi connectivity index (χ3v) is 3.29. The molecule has 0 bridgehead atoms. The SMILES string of the molecule is CC(C)Cc1cc(C(=O)Nc2ccc(OCCN)cc2)cc(=O)[nH]1.Cl. The zero-order valence-corrected chi connectivity index (χ0v) is 15.2. The number of halogens is 1. The zero-order valence-electron chi connectivity index (χ0n) is 14.4. The standard InChI is InChI=1S/C18H23N3O3.ClH/c1-12(2)9-15-10-13(11-17(22)20-15)18(23)21-14-3-5-16(6-4-14)24-8-7-19;/h3-6,10-12H,7-9,19H2,1-2H3,(H,20,22)(H,21,23);1H. The van der Waals surface area contributed by atoms with Crippen molar-refractivity contribution in [1.82, 2.24) is 4.98 Å². The van der Waals surface area contributed by atoms with Gasteiger partial charge in [0.2, 0.25) is 5.56 Å². The highest BCUT2D eigenvalue weighted by atomic mass is 35.5. The number of carbonyl (C=O) groups excluding carboxylic acids is 1. The van der Waals surface area contributed by atoms with Crippen LogP contribution in [0.2, 0.25) is 0 Å². The van der Waals surface area contributed by atoms with Crippen LogP contribution in [0.15, 0.2) is 41.2 Å². The first-order chi connectivity index (χ1) is 11.5. The van der Waals surface area contributed by atoms with Crippen molar-refractivity contribution in [3.63, 3.8) is 0 Å². The summed E-state index contributed by atoms with van der Waals surface area (Å²) in [6.07, 6.45) is 0.712. The van der Waals surface area contributed by atoms with E-state index in [2.05, 4.69) is 24.1 Å². The Balaban J connectivity index is 0.00000312. The second-order valence-electron chi connectivity index (χ2n) is 5.97. The molecule has 25 heavy (non-hydrogen) atoms. The number of anilines is 1. The van der Waals surface area contributed by atoms with Crippen molar-refractivity contribution in [3.05, 3.63) is 58.0 Å². The molecule has 0 unspecified atom stereocenters. The molecular weight excluding hydrogens is 342 g/mol. The number of hydrogen-bond acceptors (Lipinski definition) is 4. The number of aromatic amines is 1. The first kappa shape index (κ1) is 20.7. The molecule has 136 valence electrons. The molecule has 1 amide bonds. The Kier molecular flexibility index (Phi) is 8.18. The van der Waals surface area contributed by atoms with Gasteiger partial charge in [0.15, 0.2) is 0 Å². The van der Waals surface area contributed by atoms with Crippen molar-refractivity contribution in [2.45, 2.75) is 20.3 Å². The normalized spacial score (nSPS) is 10.2. The van der Waals surface area contributed by atoms with Crippen molar-refractivity contribution in [1.29, 1.82) is 0 Å². The molecule has 0 aliphatic heterocycles. The molecule has 1 aromatic heterocycles. The van der Waals surface area contributed by atoms with Crippen molar-refractivity contribution in [2.75, 3.05) is 18.5 Å². The summed E-state index contributed by atoms with van der Waals surface area (Å²) < 4.78 is 5.38. The third-order valence-electron chi connectivity index (χ3n) is 3.29. The van der Waals surface area contributed by atoms with E-state index < -0.39 is 0 Å². The van der Waals surface area contributed by atoms with Crippen LogP contribution in [-0.2, 0) is 6.42 Å². The van der Waals surface area contributed by atoms with Crippen molar-refractivity contribution >= 4 is 24.0 Å². The van der Waals surface area contributed by atoms with E-state index in [4.69, 9.17) is 10.5 Å². The summed E-state index contributed by atoms with van der Waals surface area (Å²) in [4.78, 5) is 26.8. The first-order valence-electron chi connectivity index (χ1n) is 7.95. The molecule has 0 aliphatic rings. The van der Waals surface area contributed by atoms with E-state index in [1.54, 1.807) is 30.3 Å². The van der Waals surface area contributed by atoms with Crippen molar-refractivity contribution in [3.8, 4) is 5.75 Å². The number of carbonyl (C=O) groups is 1. The van der Waals surface area contributed by atoms with E-state index in [-0.39, 0.29) is 23.9 Å². The van der Waals surface area contributed by atoms with Crippen LogP contribution in [-0.4, -0.2) is 24.0 Å². The van der Waals surface area contributed by atoms with Gasteiger partial charge >= 0.3 is 0 Å². The summed E-state index contributed by atoms with van der Waals surface area (Å²) in [5.41, 5.74) is 6.84. The Labute approximate surface area is 153 Å². The average molecular weight is 366 g/mol. The summed E-state index contributed by atoms with van der Waals surface area (Å²) in [5, 5.41) is 2.78. The number of aromatic nitrogens is 1. The fourth-order valence-corrected chi connectivity index (χ4v) is 2.30. The number of pyridine rings is 1. The molecular formula is C18H24ClN3O3. The highest BCUT2D eigenvalue weighted by molar-refractivity contribution is 6.04. The second-order valence-corrected chi connectivity index (χ2v) is 5.97. The molecule has 0 spiro atoms. The maximum atomic E-state index is 12.3. The van der Waals surface area contributed by atoms with Crippen LogP contribution in [0, 0.1) is 5.92 Å². The fourth-order valence-electron chi connectivity index (χ4n) is 2.30. The van der Waals surface area contributed by atoms with Gasteiger partial charge in [-0.3, -0.25) is 9.59 Å². The lowest BCUT2D eigenvalue weighted by atomic mass is 10.1. The minimum Gasteiger partial charge on any atom is -0.492 e. The largest absolute Gasteiger partial charge is 0.492 e. The fraction of sp³-hybridized carbons (Fsp3) is 0.333. The van der Waals surface area contributed by atoms with Gasteiger partial charge in [0.25, 0.3) is 5.91 Å². The van der Waals surface area contributed by atoms with Crippen LogP contribution in [0.1, 0.15) is 29.9 Å². The highest BCUT2D eigenvalue weighted by Crippen LogP contribution is 2.16. The number of amides is 1. The molecule has 0 fully saturated rings. The number of nitrogens with one attached hydrogen (secondary N) is 2. The van der Waals surface area contributed by atoms with E-state index in [1.165, 1.54) is 6.07 Å². The lowest BCUT2D eigenvalue weighted by Gasteiger charge is -2.09. The molecule has 6 nitrogen and oxygen atoms in total. The molecule has 7 heteroatoms. The van der Waals surface area contributed by atoms with Gasteiger partial charge in [0.05, 0.1) is 0 Å². The molecule has 0 aliphatic carbocycles. The van der Waals surface area contributed by atoms with E-state index >= 15 is 0 Å². The molecule has 1 aromatic carbocycles. The second kappa shape index (κ2) is 9.86. The van der Waals surface area contributed by atoms with Gasteiger partial charge in [-0.1, -0.05) is 13.8 Å². The Bertz CT molecular complexity index is 742. The van der Waals surface area contributed by atoms with Crippen LogP contribution in [0.5, 0.6) is 5.75 Å². The number of benzene rings is 1. The Morgan fingerprint density at radius 1 is 1.24 bits per heavy atom. The van der Waals surface area contributed by atoms with Crippen LogP contribution >= 0.6 is 12.4 Å². The van der Waals surface area contributed by atoms with Crippen LogP contribution in [0.4, 0.5) is 5.69 Å². The minimum atomic E-state index is -0.318. The van der Waals surface area contributed by atoms with Crippen molar-refractivity contribution < 1.29 is 9.53 Å². The maximum Gasteiger partial charge on any atom is 0.255 e. The molecule has 0 saturated heterocycles. The Morgan fingerprint density at radius 3 is 2.52 bits per heavy atom. The summed E-state index contributed by atoms with van der Waals surface area (Å²) >= 11 is 0. The highest BCUT2D eigenvalue weighted by Gasteiger charge is 2.10. The van der Waals surface area contributed by atoms with E-state index in [0.29, 0.717) is 42.5 Å². The van der Waals surface area contributed by atoms with E-state index in [0.717, 1.165) is 5.69 Å². The van der Waals surface area contributed by atoms with Crippen LogP contribution in [0.3, 0.4) is 0 Å². The van der Waals surface area contributed by atoms with E-state index in [1.807, 2.05) is 0 Å². The van der Waals surface area contributed by atoms with Crippen molar-refractivity contribution in [2.24, 2.45) is 11.7 Å². The molecule has 1 heterocycles. The lowest BCUT2D eigenvalue weighted by Crippen LogP contribution is -2.18. The molecule has 2 aromatic rings. The predicted molar refractivity (Wildman–Crippen MR) is 102 cm³/mol. The number of rotatable bonds is 7. The van der Waals surface area contributed by atoms with Crippen LogP contribution in [0.25, 0.3) is 0 Å². The van der Waals surface area contributed by atoms with Gasteiger partial charge in [-0.2, -0.15) is 0 Å². The minimum absolute atomic E-state index is 0. The van der Waals surface area contributed by atoms with Gasteiger partial charge in [-0.05, 0) is 42.7 Å². The van der Waals surface area contributed by atoms with Gasteiger partial charge < -0.3 is 20.8 Å². The number of ether oxygens (including phenoxy) is 1. The topological polar surface area (TPSA) is 97.2 Å². The smallest absolute Gasteiger partial charge is 0.255 e. The summed E-state index contributed by atoms with van der Waals surface area (Å²) in [7, 11) is 0. The van der Waals surface area contributed by atoms with Gasteiger partial charge in [-0.15, -0.1) is 12.4 Å². The quantitative estimate of drug-likeness (QED) is 0.702. The molecule has 4 N–H and O–H groups in total. The maximum absolute atomic E-state index is 12.3. The summed E-state index contributed by atoms with van der Waals surface area (Å²) in [5.74, 6) is 0.760.